The van der Waals surface area contributed by atoms with Gasteiger partial charge in [-0.2, -0.15) is 5.26 Å². The van der Waals surface area contributed by atoms with Crippen molar-refractivity contribution in [2.45, 2.75) is 39.5 Å². The molecule has 0 saturated carbocycles. The zero-order chi connectivity index (χ0) is 16.1. The molecule has 1 aromatic rings. The number of anilines is 1. The van der Waals surface area contributed by atoms with Crippen molar-refractivity contribution >= 4 is 28.2 Å². The number of carbonyl (C=O) groups excluding carboxylic acids is 2. The number of carbonyl (C=O) groups is 2. The molecule has 1 aliphatic carbocycles. The molecule has 0 bridgehead atoms. The number of hydrogen-bond acceptors (Lipinski definition) is 5. The van der Waals surface area contributed by atoms with Gasteiger partial charge in [0.25, 0.3) is 5.91 Å². The van der Waals surface area contributed by atoms with Crippen molar-refractivity contribution in [2.75, 3.05) is 11.9 Å². The van der Waals surface area contributed by atoms with Crippen LogP contribution >= 0.6 is 11.3 Å². The predicted octanol–water partition coefficient (Wildman–Crippen LogP) is 2.95. The zero-order valence-electron chi connectivity index (χ0n) is 12.7. The smallest absolute Gasteiger partial charge is 0.331 e. The second kappa shape index (κ2) is 7.23. The largest absolute Gasteiger partial charge is 0.452 e. The molecule has 0 fully saturated rings. The van der Waals surface area contributed by atoms with Crippen molar-refractivity contribution in [3.63, 3.8) is 0 Å². The predicted molar refractivity (Wildman–Crippen MR) is 84.7 cm³/mol. The lowest BCUT2D eigenvalue weighted by Gasteiger charge is -2.09. The third-order valence-electron chi connectivity index (χ3n) is 3.29. The first-order valence-corrected chi connectivity index (χ1v) is 7.99. The minimum Gasteiger partial charge on any atom is -0.452 e. The molecular weight excluding hydrogens is 300 g/mol. The maximum absolute atomic E-state index is 11.9. The van der Waals surface area contributed by atoms with Gasteiger partial charge in [0.05, 0.1) is 5.56 Å². The number of allylic oxidation sites excluding steroid dienone is 1. The van der Waals surface area contributed by atoms with Gasteiger partial charge in [0.2, 0.25) is 0 Å². The minimum absolute atomic E-state index is 0.351. The average molecular weight is 318 g/mol. The van der Waals surface area contributed by atoms with Gasteiger partial charge in [0, 0.05) is 11.0 Å². The molecule has 5 nitrogen and oxygen atoms in total. The van der Waals surface area contributed by atoms with Gasteiger partial charge in [-0.3, -0.25) is 4.79 Å². The van der Waals surface area contributed by atoms with Gasteiger partial charge < -0.3 is 10.1 Å². The van der Waals surface area contributed by atoms with E-state index in [0.717, 1.165) is 36.8 Å². The summed E-state index contributed by atoms with van der Waals surface area (Å²) in [5.41, 5.74) is 2.43. The molecule has 116 valence electrons. The third kappa shape index (κ3) is 3.95. The van der Waals surface area contributed by atoms with E-state index in [4.69, 9.17) is 4.74 Å². The Labute approximate surface area is 133 Å². The van der Waals surface area contributed by atoms with Crippen LogP contribution in [0.1, 0.15) is 42.7 Å². The number of nitriles is 1. The molecule has 0 spiro atoms. The number of fused-ring (bicyclic) bond motifs is 1. The standard InChI is InChI=1S/C16H18N2O3S/c1-10(2)7-15(20)21-9-14(19)18-16-12(8-17)11-5-3-4-6-13(11)22-16/h7H,3-6,9H2,1-2H3,(H,18,19). The van der Waals surface area contributed by atoms with Gasteiger partial charge in [0.1, 0.15) is 11.1 Å². The molecule has 0 atom stereocenters. The lowest BCUT2D eigenvalue weighted by molar-refractivity contribution is -0.142. The highest BCUT2D eigenvalue weighted by Gasteiger charge is 2.21. The first-order valence-electron chi connectivity index (χ1n) is 7.17. The van der Waals surface area contributed by atoms with Crippen LogP contribution in [0.3, 0.4) is 0 Å². The Morgan fingerprint density at radius 2 is 2.09 bits per heavy atom. The van der Waals surface area contributed by atoms with Crippen molar-refractivity contribution in [2.24, 2.45) is 0 Å². The maximum atomic E-state index is 11.9. The second-order valence-corrected chi connectivity index (χ2v) is 6.51. The normalized spacial score (nSPS) is 12.8. The van der Waals surface area contributed by atoms with Crippen LogP contribution in [0.25, 0.3) is 0 Å². The highest BCUT2D eigenvalue weighted by atomic mass is 32.1. The van der Waals surface area contributed by atoms with E-state index in [0.29, 0.717) is 10.6 Å². The molecule has 0 aliphatic heterocycles. The lowest BCUT2D eigenvalue weighted by Crippen LogP contribution is -2.20. The summed E-state index contributed by atoms with van der Waals surface area (Å²) in [6.07, 6.45) is 5.37. The molecule has 22 heavy (non-hydrogen) atoms. The van der Waals surface area contributed by atoms with Gasteiger partial charge in [-0.15, -0.1) is 11.3 Å². The number of amides is 1. The average Bonchev–Trinajstić information content (AvgIpc) is 2.81. The Kier molecular flexibility index (Phi) is 5.34. The van der Waals surface area contributed by atoms with Crippen LogP contribution in [-0.2, 0) is 27.2 Å². The highest BCUT2D eigenvalue weighted by Crippen LogP contribution is 2.37. The summed E-state index contributed by atoms with van der Waals surface area (Å²) in [7, 11) is 0. The molecule has 1 heterocycles. The quantitative estimate of drug-likeness (QED) is 0.684. The zero-order valence-corrected chi connectivity index (χ0v) is 13.5. The van der Waals surface area contributed by atoms with E-state index in [2.05, 4.69) is 11.4 Å². The van der Waals surface area contributed by atoms with E-state index in [1.54, 1.807) is 13.8 Å². The Balaban J connectivity index is 2.00. The summed E-state index contributed by atoms with van der Waals surface area (Å²) in [5, 5.41) is 12.6. The molecule has 0 aromatic carbocycles. The van der Waals surface area contributed by atoms with Crippen molar-refractivity contribution in [3.05, 3.63) is 27.7 Å². The Hall–Kier alpha value is -2.13. The molecule has 2 rings (SSSR count). The fraction of sp³-hybridized carbons (Fsp3) is 0.438. The van der Waals surface area contributed by atoms with Crippen LogP contribution in [0, 0.1) is 11.3 Å². The van der Waals surface area contributed by atoms with Crippen LogP contribution in [0.15, 0.2) is 11.6 Å². The molecule has 1 aliphatic rings. The summed E-state index contributed by atoms with van der Waals surface area (Å²) < 4.78 is 4.86. The Morgan fingerprint density at radius 1 is 1.36 bits per heavy atom. The number of hydrogen-bond donors (Lipinski definition) is 1. The van der Waals surface area contributed by atoms with Crippen LogP contribution in [-0.4, -0.2) is 18.5 Å². The van der Waals surface area contributed by atoms with Crippen molar-refractivity contribution in [1.82, 2.24) is 0 Å². The third-order valence-corrected chi connectivity index (χ3v) is 4.50. The van der Waals surface area contributed by atoms with E-state index in [1.165, 1.54) is 22.3 Å². The number of esters is 1. The van der Waals surface area contributed by atoms with E-state index in [-0.39, 0.29) is 6.61 Å². The fourth-order valence-electron chi connectivity index (χ4n) is 2.35. The van der Waals surface area contributed by atoms with Crippen molar-refractivity contribution in [3.8, 4) is 6.07 Å². The molecule has 1 aromatic heterocycles. The summed E-state index contributed by atoms with van der Waals surface area (Å²) in [6, 6.07) is 2.18. The number of rotatable bonds is 4. The molecule has 1 amide bonds. The fourth-order valence-corrected chi connectivity index (χ4v) is 3.60. The van der Waals surface area contributed by atoms with E-state index >= 15 is 0 Å². The van der Waals surface area contributed by atoms with Crippen LogP contribution in [0.5, 0.6) is 0 Å². The number of nitrogens with one attached hydrogen (secondary N) is 1. The minimum atomic E-state index is -0.541. The molecule has 0 unspecified atom stereocenters. The second-order valence-electron chi connectivity index (χ2n) is 5.40. The van der Waals surface area contributed by atoms with Gasteiger partial charge >= 0.3 is 5.97 Å². The highest BCUT2D eigenvalue weighted by molar-refractivity contribution is 7.16. The lowest BCUT2D eigenvalue weighted by atomic mass is 9.96. The molecular formula is C16H18N2O3S. The SMILES string of the molecule is CC(C)=CC(=O)OCC(=O)Nc1sc2c(c1C#N)CCCC2. The molecule has 6 heteroatoms. The Bertz CT molecular complexity index is 664. The first-order chi connectivity index (χ1) is 10.5. The van der Waals surface area contributed by atoms with Crippen molar-refractivity contribution in [1.29, 1.82) is 5.26 Å². The molecule has 0 radical (unpaired) electrons. The number of thiophene rings is 1. The number of aryl methyl sites for hydroxylation is 1. The summed E-state index contributed by atoms with van der Waals surface area (Å²) >= 11 is 1.45. The number of nitrogens with zero attached hydrogens (tertiary/aromatic N) is 1. The van der Waals surface area contributed by atoms with Gasteiger partial charge in [-0.1, -0.05) is 5.57 Å². The summed E-state index contributed by atoms with van der Waals surface area (Å²) in [4.78, 5) is 24.4. The summed E-state index contributed by atoms with van der Waals surface area (Å²) in [5.74, 6) is -0.966. The van der Waals surface area contributed by atoms with Gasteiger partial charge in [-0.05, 0) is 45.1 Å². The topological polar surface area (TPSA) is 79.2 Å². The number of ether oxygens (including phenoxy) is 1. The van der Waals surface area contributed by atoms with Crippen LogP contribution in [0.4, 0.5) is 5.00 Å². The van der Waals surface area contributed by atoms with Gasteiger partial charge in [0.15, 0.2) is 6.61 Å². The van der Waals surface area contributed by atoms with Crippen molar-refractivity contribution < 1.29 is 14.3 Å². The van der Waals surface area contributed by atoms with Gasteiger partial charge in [-0.25, -0.2) is 4.79 Å². The monoisotopic (exact) mass is 318 g/mol. The van der Waals surface area contributed by atoms with E-state index in [1.807, 2.05) is 0 Å². The van der Waals surface area contributed by atoms with Crippen LogP contribution in [0.2, 0.25) is 0 Å². The first kappa shape index (κ1) is 16.2. The maximum Gasteiger partial charge on any atom is 0.331 e. The molecule has 1 N–H and O–H groups in total. The molecule has 0 saturated heterocycles. The Morgan fingerprint density at radius 3 is 2.77 bits per heavy atom. The van der Waals surface area contributed by atoms with Crippen LogP contribution < -0.4 is 5.32 Å². The van der Waals surface area contributed by atoms with E-state index < -0.39 is 11.9 Å². The van der Waals surface area contributed by atoms with E-state index in [9.17, 15) is 14.9 Å². The summed E-state index contributed by atoms with van der Waals surface area (Å²) in [6.45, 7) is 3.20.